The predicted octanol–water partition coefficient (Wildman–Crippen LogP) is 4.17. The van der Waals surface area contributed by atoms with Crippen LogP contribution in [0.5, 0.6) is 0 Å². The first-order valence-electron chi connectivity index (χ1n) is 10.6. The summed E-state index contributed by atoms with van der Waals surface area (Å²) in [6, 6.07) is 6.77. The van der Waals surface area contributed by atoms with Crippen LogP contribution in [-0.2, 0) is 14.8 Å². The van der Waals surface area contributed by atoms with Gasteiger partial charge < -0.3 is 9.80 Å². The van der Waals surface area contributed by atoms with E-state index in [-0.39, 0.29) is 16.7 Å². The van der Waals surface area contributed by atoms with Crippen LogP contribution in [0.15, 0.2) is 34.2 Å². The summed E-state index contributed by atoms with van der Waals surface area (Å²) in [5.74, 6) is 0.724. The molecule has 0 spiro atoms. The number of amidine groups is 1. The van der Waals surface area contributed by atoms with Crippen LogP contribution < -0.4 is 0 Å². The van der Waals surface area contributed by atoms with Gasteiger partial charge in [0.1, 0.15) is 10.7 Å². The third kappa shape index (κ3) is 4.72. The molecule has 0 aromatic heterocycles. The number of hydrogen-bond acceptors (Lipinski definition) is 4. The van der Waals surface area contributed by atoms with Gasteiger partial charge in [0.2, 0.25) is 5.91 Å². The van der Waals surface area contributed by atoms with E-state index >= 15 is 0 Å². The van der Waals surface area contributed by atoms with E-state index in [1.165, 1.54) is 0 Å². The molecule has 30 heavy (non-hydrogen) atoms. The SMILES string of the molecule is CCCCN(CC)C(=O)C1CCN(C2=NS(=O)(=O)C(c3ccc(Cl)cc3)=C2C)CC1. The molecule has 0 aliphatic carbocycles. The highest BCUT2D eigenvalue weighted by Gasteiger charge is 2.36. The molecule has 0 N–H and O–H groups in total. The molecule has 1 aromatic rings. The summed E-state index contributed by atoms with van der Waals surface area (Å²) in [6.45, 7) is 8.74. The maximum absolute atomic E-state index is 12.9. The minimum atomic E-state index is -3.75. The van der Waals surface area contributed by atoms with Gasteiger partial charge in [-0.1, -0.05) is 37.1 Å². The molecular formula is C22H30ClN3O3S. The van der Waals surface area contributed by atoms with Crippen molar-refractivity contribution < 1.29 is 13.2 Å². The highest BCUT2D eigenvalue weighted by atomic mass is 35.5. The molecule has 0 atom stereocenters. The Balaban J connectivity index is 1.72. The first-order chi connectivity index (χ1) is 14.3. The van der Waals surface area contributed by atoms with Crippen molar-refractivity contribution in [2.75, 3.05) is 26.2 Å². The molecule has 6 nitrogen and oxygen atoms in total. The number of hydrogen-bond donors (Lipinski definition) is 0. The summed E-state index contributed by atoms with van der Waals surface area (Å²) in [5.41, 5.74) is 1.25. The van der Waals surface area contributed by atoms with Crippen LogP contribution in [0.25, 0.3) is 4.91 Å². The van der Waals surface area contributed by atoms with Gasteiger partial charge in [-0.3, -0.25) is 4.79 Å². The zero-order valence-electron chi connectivity index (χ0n) is 17.9. The molecule has 2 aliphatic heterocycles. The fourth-order valence-electron chi connectivity index (χ4n) is 4.15. The van der Waals surface area contributed by atoms with Gasteiger partial charge in [-0.15, -0.1) is 4.40 Å². The molecule has 0 bridgehead atoms. The minimum absolute atomic E-state index is 0.00307. The Labute approximate surface area is 184 Å². The second-order valence-electron chi connectivity index (χ2n) is 7.88. The van der Waals surface area contributed by atoms with Crippen LogP contribution in [0.2, 0.25) is 5.02 Å². The maximum atomic E-state index is 12.9. The Morgan fingerprint density at radius 2 is 1.83 bits per heavy atom. The predicted molar refractivity (Wildman–Crippen MR) is 122 cm³/mol. The second-order valence-corrected chi connectivity index (χ2v) is 9.86. The summed E-state index contributed by atoms with van der Waals surface area (Å²) in [5, 5.41) is 0.556. The summed E-state index contributed by atoms with van der Waals surface area (Å²) >= 11 is 5.94. The van der Waals surface area contributed by atoms with Crippen LogP contribution in [0.3, 0.4) is 0 Å². The first kappa shape index (κ1) is 22.8. The largest absolute Gasteiger partial charge is 0.356 e. The smallest absolute Gasteiger partial charge is 0.285 e. The van der Waals surface area contributed by atoms with E-state index in [0.29, 0.717) is 47.9 Å². The number of likely N-dealkylation sites (tertiary alicyclic amines) is 1. The lowest BCUT2D eigenvalue weighted by molar-refractivity contribution is -0.136. The van der Waals surface area contributed by atoms with Gasteiger partial charge in [0.05, 0.1) is 0 Å². The van der Waals surface area contributed by atoms with Crippen molar-refractivity contribution >= 4 is 38.3 Å². The van der Waals surface area contributed by atoms with Gasteiger partial charge in [0, 0.05) is 42.7 Å². The first-order valence-corrected chi connectivity index (χ1v) is 12.5. The van der Waals surface area contributed by atoms with E-state index in [4.69, 9.17) is 11.6 Å². The standard InChI is InChI=1S/C22H30ClN3O3S/c1-4-6-13-25(5-2)22(27)18-11-14-26(15-12-18)21-16(3)20(30(28,29)24-21)17-7-9-19(23)10-8-17/h7-10,18H,4-6,11-15H2,1-3H3. The van der Waals surface area contributed by atoms with Crippen LogP contribution in [0, 0.1) is 5.92 Å². The Hall–Kier alpha value is -1.86. The summed E-state index contributed by atoms with van der Waals surface area (Å²) < 4.78 is 29.6. The molecule has 3 rings (SSSR count). The van der Waals surface area contributed by atoms with Crippen molar-refractivity contribution in [3.8, 4) is 0 Å². The van der Waals surface area contributed by atoms with Crippen molar-refractivity contribution in [1.82, 2.24) is 9.80 Å². The fourth-order valence-corrected chi connectivity index (χ4v) is 5.76. The maximum Gasteiger partial charge on any atom is 0.285 e. The third-order valence-corrected chi connectivity index (χ3v) is 7.59. The molecule has 0 radical (unpaired) electrons. The van der Waals surface area contributed by atoms with Crippen LogP contribution in [0.4, 0.5) is 0 Å². The lowest BCUT2D eigenvalue weighted by Gasteiger charge is -2.35. The molecule has 2 heterocycles. The Morgan fingerprint density at radius 3 is 2.40 bits per heavy atom. The van der Waals surface area contributed by atoms with Crippen LogP contribution in [0.1, 0.15) is 52.0 Å². The number of carbonyl (C=O) groups is 1. The van der Waals surface area contributed by atoms with Crippen LogP contribution in [-0.4, -0.2) is 56.1 Å². The Kier molecular flexibility index (Phi) is 7.24. The Morgan fingerprint density at radius 1 is 1.20 bits per heavy atom. The van der Waals surface area contributed by atoms with Crippen LogP contribution >= 0.6 is 11.6 Å². The number of rotatable bonds is 6. The quantitative estimate of drug-likeness (QED) is 0.650. The average Bonchev–Trinajstić information content (AvgIpc) is 2.98. The molecule has 1 aromatic carbocycles. The van der Waals surface area contributed by atoms with Crippen molar-refractivity contribution in [3.63, 3.8) is 0 Å². The van der Waals surface area contributed by atoms with E-state index in [2.05, 4.69) is 11.3 Å². The number of piperidine rings is 1. The van der Waals surface area contributed by atoms with Gasteiger partial charge >= 0.3 is 0 Å². The van der Waals surface area contributed by atoms with Gasteiger partial charge in [-0.05, 0) is 50.8 Å². The molecule has 164 valence electrons. The number of halogens is 1. The molecule has 1 saturated heterocycles. The summed E-state index contributed by atoms with van der Waals surface area (Å²) in [6.07, 6.45) is 3.51. The molecule has 2 aliphatic rings. The highest BCUT2D eigenvalue weighted by Crippen LogP contribution is 2.35. The van der Waals surface area contributed by atoms with E-state index in [1.807, 2.05) is 16.7 Å². The topological polar surface area (TPSA) is 70.1 Å². The minimum Gasteiger partial charge on any atom is -0.356 e. The fraction of sp³-hybridized carbons (Fsp3) is 0.545. The number of unbranched alkanes of at least 4 members (excludes halogenated alkanes) is 1. The van der Waals surface area contributed by atoms with Crippen molar-refractivity contribution in [3.05, 3.63) is 40.4 Å². The van der Waals surface area contributed by atoms with Gasteiger partial charge in [-0.2, -0.15) is 8.42 Å². The summed E-state index contributed by atoms with van der Waals surface area (Å²) in [7, 11) is -3.75. The van der Waals surface area contributed by atoms with Crippen molar-refractivity contribution in [2.45, 2.75) is 46.5 Å². The zero-order chi connectivity index (χ0) is 21.9. The van der Waals surface area contributed by atoms with E-state index in [1.54, 1.807) is 31.2 Å². The third-order valence-electron chi connectivity index (χ3n) is 5.87. The molecular weight excluding hydrogens is 422 g/mol. The zero-order valence-corrected chi connectivity index (χ0v) is 19.5. The van der Waals surface area contributed by atoms with E-state index in [9.17, 15) is 13.2 Å². The molecule has 1 fully saturated rings. The number of benzene rings is 1. The molecule has 1 amide bonds. The number of nitrogens with zero attached hydrogens (tertiary/aromatic N) is 3. The van der Waals surface area contributed by atoms with Gasteiger partial charge in [0.25, 0.3) is 10.0 Å². The van der Waals surface area contributed by atoms with Gasteiger partial charge in [0.15, 0.2) is 0 Å². The average molecular weight is 452 g/mol. The highest BCUT2D eigenvalue weighted by molar-refractivity contribution is 8.00. The monoisotopic (exact) mass is 451 g/mol. The normalized spacial score (nSPS) is 19.2. The van der Waals surface area contributed by atoms with Crippen molar-refractivity contribution in [2.24, 2.45) is 10.3 Å². The number of sulfonamides is 1. The van der Waals surface area contributed by atoms with Crippen molar-refractivity contribution in [1.29, 1.82) is 0 Å². The molecule has 0 unspecified atom stereocenters. The summed E-state index contributed by atoms with van der Waals surface area (Å²) in [4.78, 5) is 17.0. The Bertz CT molecular complexity index is 946. The second kappa shape index (κ2) is 9.52. The molecule has 0 saturated carbocycles. The number of amides is 1. The van der Waals surface area contributed by atoms with E-state index in [0.717, 1.165) is 25.9 Å². The van der Waals surface area contributed by atoms with E-state index < -0.39 is 10.0 Å². The van der Waals surface area contributed by atoms with Gasteiger partial charge in [-0.25, -0.2) is 0 Å². The lowest BCUT2D eigenvalue weighted by Crippen LogP contribution is -2.44. The molecule has 8 heteroatoms. The number of carbonyl (C=O) groups excluding carboxylic acids is 1. The lowest BCUT2D eigenvalue weighted by atomic mass is 9.94.